The van der Waals surface area contributed by atoms with Gasteiger partial charge < -0.3 is 0 Å². The molecule has 2 rings (SSSR count). The van der Waals surface area contributed by atoms with E-state index in [0.717, 1.165) is 11.5 Å². The highest BCUT2D eigenvalue weighted by Crippen LogP contribution is 2.48. The van der Waals surface area contributed by atoms with Crippen molar-refractivity contribution >= 4 is 8.80 Å². The summed E-state index contributed by atoms with van der Waals surface area (Å²) in [6, 6.07) is 0. The lowest BCUT2D eigenvalue weighted by Gasteiger charge is -2.34. The van der Waals surface area contributed by atoms with E-state index >= 15 is 0 Å². The van der Waals surface area contributed by atoms with E-state index in [1.165, 1.54) is 64.2 Å². The molecule has 0 aromatic heterocycles. The van der Waals surface area contributed by atoms with Gasteiger partial charge in [-0.2, -0.15) is 0 Å². The monoisotopic (exact) mass is 346 g/mol. The minimum atomic E-state index is -0.624. The van der Waals surface area contributed by atoms with Crippen LogP contribution in [0, 0.1) is 11.8 Å². The summed E-state index contributed by atoms with van der Waals surface area (Å²) in [4.78, 5) is 0. The first-order valence-corrected chi connectivity index (χ1v) is 13.8. The molecule has 0 bridgehead atoms. The van der Waals surface area contributed by atoms with E-state index < -0.39 is 8.80 Å². The summed E-state index contributed by atoms with van der Waals surface area (Å²) in [5, 5.41) is 0. The van der Waals surface area contributed by atoms with Gasteiger partial charge >= 0.3 is 0 Å². The molecule has 0 N–H and O–H groups in total. The zero-order valence-corrected chi connectivity index (χ0v) is 18.5. The van der Waals surface area contributed by atoms with Gasteiger partial charge in [0.1, 0.15) is 0 Å². The summed E-state index contributed by atoms with van der Waals surface area (Å²) in [5.41, 5.74) is 7.80. The maximum Gasteiger partial charge on any atom is 0.0344 e. The summed E-state index contributed by atoms with van der Waals surface area (Å²) in [6.45, 7) is 14.9. The molecule has 1 fully saturated rings. The molecule has 3 atom stereocenters. The molecular weight excluding hydrogens is 304 g/mol. The topological polar surface area (TPSA) is 0 Å². The fourth-order valence-electron chi connectivity index (χ4n) is 5.40. The number of rotatable bonds is 2. The third-order valence-corrected chi connectivity index (χ3v) is 9.79. The van der Waals surface area contributed by atoms with Gasteiger partial charge in [0, 0.05) is 8.80 Å². The Bertz CT molecular complexity index is 468. The van der Waals surface area contributed by atoms with Crippen LogP contribution >= 0.6 is 0 Å². The van der Waals surface area contributed by atoms with E-state index in [1.54, 1.807) is 16.7 Å². The zero-order chi connectivity index (χ0) is 17.7. The van der Waals surface area contributed by atoms with Crippen LogP contribution < -0.4 is 0 Å². The first-order valence-electron chi connectivity index (χ1n) is 10.8. The fourth-order valence-corrected chi connectivity index (χ4v) is 7.63. The van der Waals surface area contributed by atoms with Crippen LogP contribution in [-0.4, -0.2) is 8.80 Å². The predicted octanol–water partition coefficient (Wildman–Crippen LogP) is 7.68. The number of allylic oxidation sites excluding steroid dienone is 4. The summed E-state index contributed by atoms with van der Waals surface area (Å²) < 4.78 is 0. The molecule has 138 valence electrons. The summed E-state index contributed by atoms with van der Waals surface area (Å²) >= 11 is 0. The highest BCUT2D eigenvalue weighted by Gasteiger charge is 2.34. The minimum Gasteiger partial charge on any atom is -0.0720 e. The summed E-state index contributed by atoms with van der Waals surface area (Å²) in [7, 11) is -0.624. The fraction of sp³-hybridized carbons (Fsp3) is 0.826. The Balaban J connectivity index is 2.25. The third kappa shape index (κ3) is 4.65. The highest BCUT2D eigenvalue weighted by molar-refractivity contribution is 6.57. The molecule has 0 nitrogen and oxygen atoms in total. The van der Waals surface area contributed by atoms with Crippen molar-refractivity contribution in [2.45, 2.75) is 111 Å². The first kappa shape index (κ1) is 20.0. The number of hydrogen-bond donors (Lipinski definition) is 0. The molecule has 0 amide bonds. The van der Waals surface area contributed by atoms with E-state index in [9.17, 15) is 0 Å². The molecule has 2 aliphatic rings. The van der Waals surface area contributed by atoms with Gasteiger partial charge in [-0.05, 0) is 55.7 Å². The summed E-state index contributed by atoms with van der Waals surface area (Å²) in [6.07, 6.45) is 14.8. The van der Waals surface area contributed by atoms with Gasteiger partial charge in [0.25, 0.3) is 0 Å². The molecule has 0 saturated heterocycles. The van der Waals surface area contributed by atoms with Crippen molar-refractivity contribution < 1.29 is 0 Å². The van der Waals surface area contributed by atoms with Crippen LogP contribution in [0.2, 0.25) is 18.6 Å². The van der Waals surface area contributed by atoms with E-state index in [1.807, 2.05) is 5.57 Å². The van der Waals surface area contributed by atoms with Crippen molar-refractivity contribution in [2.24, 2.45) is 11.8 Å². The normalized spacial score (nSPS) is 31.4. The van der Waals surface area contributed by atoms with Crippen molar-refractivity contribution in [3.8, 4) is 0 Å². The van der Waals surface area contributed by atoms with Crippen molar-refractivity contribution in [2.75, 3.05) is 0 Å². The second-order valence-corrected chi connectivity index (χ2v) is 12.4. The van der Waals surface area contributed by atoms with Crippen LogP contribution in [0.25, 0.3) is 0 Å². The van der Waals surface area contributed by atoms with Gasteiger partial charge in [-0.15, -0.1) is 0 Å². The Morgan fingerprint density at radius 3 is 1.67 bits per heavy atom. The molecule has 0 aliphatic heterocycles. The van der Waals surface area contributed by atoms with E-state index in [-0.39, 0.29) is 0 Å². The maximum atomic E-state index is 2.62. The lowest BCUT2D eigenvalue weighted by molar-refractivity contribution is 0.413. The van der Waals surface area contributed by atoms with E-state index in [0.29, 0.717) is 5.92 Å². The molecular formula is C23H42Si. The first-order chi connectivity index (χ1) is 11.4. The van der Waals surface area contributed by atoms with Crippen molar-refractivity contribution in [3.63, 3.8) is 0 Å². The average molecular weight is 347 g/mol. The van der Waals surface area contributed by atoms with Gasteiger partial charge in [-0.1, -0.05) is 89.0 Å². The lowest BCUT2D eigenvalue weighted by Crippen LogP contribution is -2.25. The Kier molecular flexibility index (Phi) is 7.85. The zero-order valence-electron chi connectivity index (χ0n) is 17.4. The Morgan fingerprint density at radius 2 is 1.21 bits per heavy atom. The smallest absolute Gasteiger partial charge is 0.0344 e. The van der Waals surface area contributed by atoms with Crippen molar-refractivity contribution in [1.29, 1.82) is 0 Å². The third-order valence-electron chi connectivity index (χ3n) is 7.28. The van der Waals surface area contributed by atoms with Crippen molar-refractivity contribution in [3.05, 3.63) is 22.3 Å². The van der Waals surface area contributed by atoms with Crippen LogP contribution in [0.3, 0.4) is 0 Å². The van der Waals surface area contributed by atoms with Crippen LogP contribution in [0.15, 0.2) is 22.3 Å². The Labute approximate surface area is 153 Å². The standard InChI is InChI=1S/C23H42Si/c1-17-18(2)20(4)23(19(17)3)21-15-13-11-9-7-8-10-12-14-16-22(21)24(5)6/h19,21-22,24H,7-16H2,1-6H3. The Hall–Kier alpha value is -0.303. The summed E-state index contributed by atoms with van der Waals surface area (Å²) in [5.74, 6) is 1.59. The molecule has 2 aliphatic carbocycles. The van der Waals surface area contributed by atoms with Gasteiger partial charge in [-0.3, -0.25) is 0 Å². The maximum absolute atomic E-state index is 2.62. The predicted molar refractivity (Wildman–Crippen MR) is 113 cm³/mol. The molecule has 0 aromatic rings. The SMILES string of the molecule is CC1=C(C)C(C)C(C2CCCCCCCCCCC2[SiH](C)C)=C1C. The van der Waals surface area contributed by atoms with Gasteiger partial charge in [0.05, 0.1) is 0 Å². The molecule has 24 heavy (non-hydrogen) atoms. The van der Waals surface area contributed by atoms with Crippen LogP contribution in [0.4, 0.5) is 0 Å². The average Bonchev–Trinajstić information content (AvgIpc) is 2.72. The molecule has 0 spiro atoms. The number of hydrogen-bond acceptors (Lipinski definition) is 0. The van der Waals surface area contributed by atoms with Crippen molar-refractivity contribution in [1.82, 2.24) is 0 Å². The highest BCUT2D eigenvalue weighted by atomic mass is 28.3. The van der Waals surface area contributed by atoms with E-state index in [2.05, 4.69) is 40.8 Å². The Morgan fingerprint density at radius 1 is 0.708 bits per heavy atom. The minimum absolute atomic E-state index is 0.624. The second-order valence-electron chi connectivity index (χ2n) is 9.03. The molecule has 0 aromatic carbocycles. The van der Waals surface area contributed by atoms with Crippen LogP contribution in [0.1, 0.15) is 91.9 Å². The molecule has 1 saturated carbocycles. The van der Waals surface area contributed by atoms with Gasteiger partial charge in [0.15, 0.2) is 0 Å². The van der Waals surface area contributed by atoms with Gasteiger partial charge in [0.2, 0.25) is 0 Å². The molecule has 1 heteroatoms. The van der Waals surface area contributed by atoms with Crippen LogP contribution in [-0.2, 0) is 0 Å². The largest absolute Gasteiger partial charge is 0.0720 e. The van der Waals surface area contributed by atoms with Crippen LogP contribution in [0.5, 0.6) is 0 Å². The van der Waals surface area contributed by atoms with E-state index in [4.69, 9.17) is 0 Å². The second kappa shape index (κ2) is 9.41. The molecule has 3 unspecified atom stereocenters. The quantitative estimate of drug-likeness (QED) is 0.450. The molecule has 0 radical (unpaired) electrons. The molecule has 0 heterocycles. The van der Waals surface area contributed by atoms with Gasteiger partial charge in [-0.25, -0.2) is 0 Å². The lowest BCUT2D eigenvalue weighted by atomic mass is 9.80.